The fraction of sp³-hybridized carbons (Fsp3) is 0.604. The second-order valence-electron chi connectivity index (χ2n) is 21.4. The molecular weight excluding hydrogens is 952 g/mol. The molecule has 21 heteroatoms. The number of carbonyl (C=O) groups excluding carboxylic acids is 5. The highest BCUT2D eigenvalue weighted by molar-refractivity contribution is 5.96. The van der Waals surface area contributed by atoms with Gasteiger partial charge in [0.15, 0.2) is 11.4 Å². The number of hydrogen-bond acceptors (Lipinski definition) is 14. The second kappa shape index (κ2) is 22.1. The Morgan fingerprint density at radius 3 is 2.54 bits per heavy atom. The van der Waals surface area contributed by atoms with Gasteiger partial charge >= 0.3 is 12.0 Å². The van der Waals surface area contributed by atoms with Crippen molar-refractivity contribution in [3.63, 3.8) is 0 Å². The maximum Gasteiger partial charge on any atom is 0.362 e. The van der Waals surface area contributed by atoms with Gasteiger partial charge in [-0.25, -0.2) is 14.6 Å². The number of hydrogen-bond donors (Lipinski definition) is 2. The van der Waals surface area contributed by atoms with E-state index in [1.54, 1.807) is 27.2 Å². The number of methoxy groups -OCH3 is 1. The van der Waals surface area contributed by atoms with Crippen molar-refractivity contribution in [1.29, 1.82) is 5.26 Å². The maximum absolute atomic E-state index is 16.9. The molecule has 1 aromatic carbocycles. The smallest absolute Gasteiger partial charge is 0.362 e. The van der Waals surface area contributed by atoms with Gasteiger partial charge in [0.2, 0.25) is 5.91 Å². The minimum absolute atomic E-state index is 0.0242. The molecule has 4 aliphatic rings. The van der Waals surface area contributed by atoms with E-state index in [0.717, 1.165) is 48.8 Å². The molecule has 0 radical (unpaired) electrons. The topological polar surface area (TPSA) is 222 Å². The molecule has 1 aliphatic carbocycles. The number of benzene rings is 1. The number of pyridine rings is 1. The molecule has 74 heavy (non-hydrogen) atoms. The normalized spacial score (nSPS) is 24.4. The fourth-order valence-electron chi connectivity index (χ4n) is 11.2. The number of hydrazine groups is 1. The number of rotatable bonds is 10. The Morgan fingerprint density at radius 2 is 1.85 bits per heavy atom. The summed E-state index contributed by atoms with van der Waals surface area (Å²) in [5.74, 6) is -3.00. The van der Waals surface area contributed by atoms with Crippen molar-refractivity contribution in [2.45, 2.75) is 141 Å². The number of aryl methyl sites for hydroxylation is 1. The zero-order valence-corrected chi connectivity index (χ0v) is 44.1. The van der Waals surface area contributed by atoms with Gasteiger partial charge in [-0.1, -0.05) is 32.5 Å². The standard InChI is InChI=1S/C53H71FN12O8/c1-10-64-43-16-15-36-25-39(43)40(46(64)38-13-11-21-56-44(38)33(4)72-9)27-52(5,6)31-74-49(69)41-14-12-22-65(60-41)48(68)42(26-37-30-63(36)23-24-73-37)58-47(67)45(32(2)3)62(8)50(70)53(54)19-17-35(18-20-53)61(7)51(71)66-57-29-34(28-55)59-66/h11,13,15-16,21,25,29,32-33,35,37,41-42,45,60H,10,12,14,17-20,22-24,26-27,30-31H2,1-9H3,(H,58,67)/t33-,35?,37-,41-,42-,45-,53?/m0/s1. The summed E-state index contributed by atoms with van der Waals surface area (Å²) in [7, 11) is 4.62. The van der Waals surface area contributed by atoms with Crippen molar-refractivity contribution < 1.29 is 42.6 Å². The molecule has 0 spiro atoms. The molecule has 4 aromatic rings. The van der Waals surface area contributed by atoms with Gasteiger partial charge in [-0.3, -0.25) is 29.2 Å². The van der Waals surface area contributed by atoms with Gasteiger partial charge in [-0.2, -0.15) is 10.4 Å². The molecule has 20 nitrogen and oxygen atoms in total. The molecule has 8 rings (SSSR count). The van der Waals surface area contributed by atoms with Gasteiger partial charge in [0.25, 0.3) is 11.8 Å². The highest BCUT2D eigenvalue weighted by Crippen LogP contribution is 2.42. The summed E-state index contributed by atoms with van der Waals surface area (Å²) < 4.78 is 37.5. The number of nitriles is 1. The number of nitrogens with one attached hydrogen (secondary N) is 2. The van der Waals surface area contributed by atoms with Crippen LogP contribution in [0, 0.1) is 22.7 Å². The molecule has 3 aliphatic heterocycles. The van der Waals surface area contributed by atoms with Crippen LogP contribution in [-0.2, 0) is 46.4 Å². The highest BCUT2D eigenvalue weighted by atomic mass is 19.1. The molecule has 2 N–H and O–H groups in total. The number of halogens is 1. The first-order valence-electron chi connectivity index (χ1n) is 25.9. The van der Waals surface area contributed by atoms with Crippen LogP contribution in [-0.4, -0.2) is 159 Å². The first kappa shape index (κ1) is 53.8. The number of carbonyl (C=O) groups is 5. The van der Waals surface area contributed by atoms with E-state index in [4.69, 9.17) is 24.5 Å². The number of morpholine rings is 1. The van der Waals surface area contributed by atoms with Crippen LogP contribution in [0.2, 0.25) is 0 Å². The molecule has 2 saturated heterocycles. The van der Waals surface area contributed by atoms with E-state index in [1.165, 1.54) is 30.2 Å². The lowest BCUT2D eigenvalue weighted by Gasteiger charge is -2.41. The minimum atomic E-state index is -2.33. The van der Waals surface area contributed by atoms with Crippen LogP contribution in [0.1, 0.15) is 110 Å². The van der Waals surface area contributed by atoms with Gasteiger partial charge in [-0.15, -0.1) is 5.10 Å². The lowest BCUT2D eigenvalue weighted by Crippen LogP contribution is -2.63. The zero-order chi connectivity index (χ0) is 53.2. The van der Waals surface area contributed by atoms with Crippen molar-refractivity contribution in [3.8, 4) is 17.3 Å². The molecule has 398 valence electrons. The SMILES string of the molecule is CCn1c(-c2cccnc2[C@H](C)OC)c2c3cc(ccc31)N1CCO[C@@H](C[C@H](NC(=O)[C@H](C(C)C)N(C)C(=O)C3(F)CCC(N(C)C(=O)n4ncc(C#N)n4)CC3)C(=O)N3CCC[C@H](N3)C(=O)OCC(C)(C)C2)C1. The summed E-state index contributed by atoms with van der Waals surface area (Å²) in [5.41, 5.74) is 6.13. The Morgan fingerprint density at radius 1 is 1.09 bits per heavy atom. The van der Waals surface area contributed by atoms with Crippen LogP contribution < -0.4 is 15.6 Å². The molecule has 1 saturated carbocycles. The van der Waals surface area contributed by atoms with Crippen LogP contribution >= 0.6 is 0 Å². The Hall–Kier alpha value is -6.50. The minimum Gasteiger partial charge on any atom is -0.464 e. The third kappa shape index (κ3) is 11.0. The summed E-state index contributed by atoms with van der Waals surface area (Å²) >= 11 is 0. The molecular formula is C53H71FN12O8. The number of cyclic esters (lactones) is 1. The Balaban J connectivity index is 1.07. The monoisotopic (exact) mass is 1020 g/mol. The molecule has 3 aromatic heterocycles. The third-order valence-electron chi connectivity index (χ3n) is 15.3. The van der Waals surface area contributed by atoms with Crippen LogP contribution in [0.3, 0.4) is 0 Å². The second-order valence-corrected chi connectivity index (χ2v) is 21.4. The molecule has 5 atom stereocenters. The lowest BCUT2D eigenvalue weighted by molar-refractivity contribution is -0.156. The van der Waals surface area contributed by atoms with Crippen LogP contribution in [0.4, 0.5) is 14.9 Å². The maximum atomic E-state index is 16.9. The van der Waals surface area contributed by atoms with Crippen molar-refractivity contribution in [2.24, 2.45) is 11.3 Å². The average molecular weight is 1020 g/mol. The fourth-order valence-corrected chi connectivity index (χ4v) is 11.2. The van der Waals surface area contributed by atoms with Crippen molar-refractivity contribution in [2.75, 3.05) is 59.0 Å². The molecule has 0 unspecified atom stereocenters. The summed E-state index contributed by atoms with van der Waals surface area (Å²) in [6.07, 6.45) is 3.55. The van der Waals surface area contributed by atoms with E-state index in [-0.39, 0.29) is 57.1 Å². The highest BCUT2D eigenvalue weighted by Gasteiger charge is 2.48. The van der Waals surface area contributed by atoms with Crippen molar-refractivity contribution in [1.82, 2.24) is 50.1 Å². The Labute approximate surface area is 431 Å². The number of likely N-dealkylation sites (N-methyl/N-ethyl adjacent to an activating group) is 1. The van der Waals surface area contributed by atoms with E-state index in [2.05, 4.69) is 75.4 Å². The Bertz CT molecular complexity index is 2780. The van der Waals surface area contributed by atoms with Gasteiger partial charge < -0.3 is 38.8 Å². The van der Waals surface area contributed by atoms with E-state index in [9.17, 15) is 24.0 Å². The molecule has 3 fully saturated rings. The number of nitrogens with zero attached hydrogens (tertiary/aromatic N) is 10. The quantitative estimate of drug-likeness (QED) is 0.192. The number of anilines is 1. The average Bonchev–Trinajstić information content (AvgIpc) is 4.01. The lowest BCUT2D eigenvalue weighted by atomic mass is 9.81. The molecule has 6 heterocycles. The van der Waals surface area contributed by atoms with Gasteiger partial charge in [0.1, 0.15) is 24.2 Å². The first-order valence-corrected chi connectivity index (χ1v) is 25.9. The summed E-state index contributed by atoms with van der Waals surface area (Å²) in [5, 5.41) is 22.2. The summed E-state index contributed by atoms with van der Waals surface area (Å²) in [6.45, 7) is 14.1. The number of amides is 4. The van der Waals surface area contributed by atoms with Gasteiger partial charge in [0.05, 0.1) is 43.0 Å². The van der Waals surface area contributed by atoms with Crippen LogP contribution in [0.25, 0.3) is 22.2 Å². The first-order chi connectivity index (χ1) is 35.3. The number of alkyl halides is 1. The van der Waals surface area contributed by atoms with Crippen LogP contribution in [0.15, 0.2) is 42.7 Å². The van der Waals surface area contributed by atoms with Crippen LogP contribution in [0.5, 0.6) is 0 Å². The van der Waals surface area contributed by atoms with E-state index in [0.29, 0.717) is 45.5 Å². The summed E-state index contributed by atoms with van der Waals surface area (Å²) in [4.78, 5) is 81.2. The number of aromatic nitrogens is 5. The number of fused-ring (bicyclic) bond motifs is 6. The molecule has 6 bridgehead atoms. The zero-order valence-electron chi connectivity index (χ0n) is 44.1. The van der Waals surface area contributed by atoms with Crippen molar-refractivity contribution >= 4 is 46.3 Å². The predicted octanol–water partition coefficient (Wildman–Crippen LogP) is 5.33. The summed E-state index contributed by atoms with van der Waals surface area (Å²) in [6, 6.07) is 8.09. The van der Waals surface area contributed by atoms with E-state index < -0.39 is 77.0 Å². The number of ether oxygens (including phenoxy) is 3. The van der Waals surface area contributed by atoms with Gasteiger partial charge in [0, 0.05) is 93.6 Å². The largest absolute Gasteiger partial charge is 0.464 e. The third-order valence-corrected chi connectivity index (χ3v) is 15.3. The predicted molar refractivity (Wildman–Crippen MR) is 272 cm³/mol. The number of esters is 1. The van der Waals surface area contributed by atoms with E-state index in [1.807, 2.05) is 19.1 Å². The van der Waals surface area contributed by atoms with Gasteiger partial charge in [-0.05, 0) is 101 Å². The Kier molecular flexibility index (Phi) is 16.1. The van der Waals surface area contributed by atoms with Crippen molar-refractivity contribution in [3.05, 3.63) is 59.7 Å². The molecule has 4 amide bonds. The van der Waals surface area contributed by atoms with E-state index >= 15 is 4.39 Å².